The second-order valence-corrected chi connectivity index (χ2v) is 7.51. The topological polar surface area (TPSA) is 125 Å². The van der Waals surface area contributed by atoms with Gasteiger partial charge < -0.3 is 24.5 Å². The van der Waals surface area contributed by atoms with E-state index in [2.05, 4.69) is 10.3 Å². The van der Waals surface area contributed by atoms with Gasteiger partial charge in [-0.05, 0) is 29.3 Å². The highest BCUT2D eigenvalue weighted by atomic mass is 16.5. The Morgan fingerprint density at radius 1 is 1.18 bits per heavy atom. The Hall–Kier alpha value is -4.34. The molecule has 10 heteroatoms. The fourth-order valence-electron chi connectivity index (χ4n) is 3.52. The number of carbonyl (C=O) groups is 3. The van der Waals surface area contributed by atoms with Crippen LogP contribution in [0.25, 0.3) is 0 Å². The molecule has 1 aliphatic rings. The van der Waals surface area contributed by atoms with Crippen LogP contribution >= 0.6 is 0 Å². The number of pyridine rings is 1. The van der Waals surface area contributed by atoms with Gasteiger partial charge in [-0.1, -0.05) is 12.1 Å². The van der Waals surface area contributed by atoms with Crippen LogP contribution in [0, 0.1) is 0 Å². The van der Waals surface area contributed by atoms with Gasteiger partial charge in [-0.3, -0.25) is 9.69 Å². The normalized spacial score (nSPS) is 13.0. The van der Waals surface area contributed by atoms with Crippen LogP contribution in [-0.4, -0.2) is 47.1 Å². The average Bonchev–Trinajstić information content (AvgIpc) is 3.25. The lowest BCUT2D eigenvalue weighted by atomic mass is 10.1. The molecule has 33 heavy (non-hydrogen) atoms. The van der Waals surface area contributed by atoms with Gasteiger partial charge in [0.1, 0.15) is 5.76 Å². The van der Waals surface area contributed by atoms with Gasteiger partial charge in [-0.15, -0.1) is 0 Å². The standard InChI is InChI=1S/C23H22N4O6/c1-26-17-10-18(21(28)25-11-15-7-8-24-20(9-15)32-2)33-19(17)13-27(23(26)31)12-14-3-5-16(6-4-14)22(29)30/h3-10H,11-13H2,1-2H3,(H,25,28)(H,29,30). The van der Waals surface area contributed by atoms with Crippen molar-refractivity contribution >= 4 is 23.6 Å². The molecule has 1 aliphatic heterocycles. The van der Waals surface area contributed by atoms with E-state index in [9.17, 15) is 14.4 Å². The molecule has 0 atom stereocenters. The number of hydrogen-bond donors (Lipinski definition) is 2. The summed E-state index contributed by atoms with van der Waals surface area (Å²) in [6, 6.07) is 11.1. The molecule has 170 valence electrons. The lowest BCUT2D eigenvalue weighted by Crippen LogP contribution is -2.44. The van der Waals surface area contributed by atoms with Crippen LogP contribution in [0.3, 0.4) is 0 Å². The molecule has 0 saturated heterocycles. The molecule has 0 fully saturated rings. The molecular formula is C23H22N4O6. The maximum atomic E-state index is 12.8. The number of fused-ring (bicyclic) bond motifs is 1. The summed E-state index contributed by atoms with van der Waals surface area (Å²) in [5.74, 6) is -0.363. The van der Waals surface area contributed by atoms with E-state index in [1.165, 1.54) is 24.1 Å². The number of carbonyl (C=O) groups excluding carboxylic acids is 2. The second kappa shape index (κ2) is 9.03. The van der Waals surface area contributed by atoms with Crippen molar-refractivity contribution in [3.05, 3.63) is 76.9 Å². The summed E-state index contributed by atoms with van der Waals surface area (Å²) < 4.78 is 10.9. The molecule has 0 bridgehead atoms. The zero-order valence-corrected chi connectivity index (χ0v) is 18.1. The van der Waals surface area contributed by atoms with Crippen molar-refractivity contribution in [1.82, 2.24) is 15.2 Å². The van der Waals surface area contributed by atoms with Gasteiger partial charge in [0.25, 0.3) is 5.91 Å². The molecule has 4 rings (SSSR count). The first-order valence-electron chi connectivity index (χ1n) is 10.1. The number of ether oxygens (including phenoxy) is 1. The number of urea groups is 1. The molecule has 1 aromatic carbocycles. The molecule has 3 heterocycles. The van der Waals surface area contributed by atoms with E-state index < -0.39 is 11.9 Å². The van der Waals surface area contributed by atoms with Crippen molar-refractivity contribution in [2.45, 2.75) is 19.6 Å². The molecule has 3 amide bonds. The zero-order valence-electron chi connectivity index (χ0n) is 18.1. The molecule has 0 spiro atoms. The van der Waals surface area contributed by atoms with Crippen LogP contribution in [0.15, 0.2) is 53.1 Å². The van der Waals surface area contributed by atoms with Gasteiger partial charge in [-0.25, -0.2) is 14.6 Å². The molecule has 3 aromatic rings. The number of nitrogens with zero attached hydrogens (tertiary/aromatic N) is 3. The summed E-state index contributed by atoms with van der Waals surface area (Å²) in [4.78, 5) is 43.5. The smallest absolute Gasteiger partial charge is 0.335 e. The quantitative estimate of drug-likeness (QED) is 0.567. The first-order chi connectivity index (χ1) is 15.9. The summed E-state index contributed by atoms with van der Waals surface area (Å²) in [5, 5.41) is 11.8. The molecule has 2 aromatic heterocycles. The molecular weight excluding hydrogens is 428 g/mol. The van der Waals surface area contributed by atoms with Crippen LogP contribution in [0.5, 0.6) is 5.88 Å². The SMILES string of the molecule is COc1cc(CNC(=O)c2cc3c(o2)CN(Cc2ccc(C(=O)O)cc2)C(=O)N3C)ccn1. The van der Waals surface area contributed by atoms with E-state index in [0.717, 1.165) is 11.1 Å². The fourth-order valence-corrected chi connectivity index (χ4v) is 3.52. The Kier molecular flexibility index (Phi) is 5.99. The number of rotatable bonds is 7. The number of carboxylic acid groups (broad SMARTS) is 1. The number of hydrogen-bond acceptors (Lipinski definition) is 6. The van der Waals surface area contributed by atoms with Crippen molar-refractivity contribution < 1.29 is 28.6 Å². The Morgan fingerprint density at radius 2 is 1.94 bits per heavy atom. The number of benzene rings is 1. The third-order valence-corrected chi connectivity index (χ3v) is 5.30. The Balaban J connectivity index is 1.45. The van der Waals surface area contributed by atoms with Gasteiger partial charge in [0.05, 0.1) is 24.9 Å². The number of furan rings is 1. The summed E-state index contributed by atoms with van der Waals surface area (Å²) in [6.45, 7) is 0.721. The molecule has 0 radical (unpaired) electrons. The first kappa shape index (κ1) is 21.9. The lowest BCUT2D eigenvalue weighted by Gasteiger charge is -2.32. The summed E-state index contributed by atoms with van der Waals surface area (Å²) in [5.41, 5.74) is 2.31. The minimum absolute atomic E-state index is 0.105. The van der Waals surface area contributed by atoms with E-state index in [1.807, 2.05) is 0 Å². The van der Waals surface area contributed by atoms with Crippen LogP contribution in [0.4, 0.5) is 10.5 Å². The van der Waals surface area contributed by atoms with E-state index in [4.69, 9.17) is 14.3 Å². The third kappa shape index (κ3) is 4.64. The first-order valence-corrected chi connectivity index (χ1v) is 10.1. The Labute approximate surface area is 189 Å². The number of methoxy groups -OCH3 is 1. The van der Waals surface area contributed by atoms with Gasteiger partial charge in [0.15, 0.2) is 5.76 Å². The monoisotopic (exact) mass is 450 g/mol. The van der Waals surface area contributed by atoms with Crippen molar-refractivity contribution in [3.8, 4) is 5.88 Å². The number of carboxylic acids is 1. The molecule has 0 saturated carbocycles. The van der Waals surface area contributed by atoms with Crippen LogP contribution in [0.2, 0.25) is 0 Å². The Morgan fingerprint density at radius 3 is 2.64 bits per heavy atom. The lowest BCUT2D eigenvalue weighted by molar-refractivity contribution is 0.0696. The summed E-state index contributed by atoms with van der Waals surface area (Å²) in [6.07, 6.45) is 1.59. The van der Waals surface area contributed by atoms with Gasteiger partial charge in [0.2, 0.25) is 5.88 Å². The van der Waals surface area contributed by atoms with E-state index in [-0.39, 0.29) is 37.0 Å². The maximum Gasteiger partial charge on any atom is 0.335 e. The zero-order chi connectivity index (χ0) is 23.5. The van der Waals surface area contributed by atoms with Gasteiger partial charge in [0, 0.05) is 38.5 Å². The average molecular weight is 450 g/mol. The third-order valence-electron chi connectivity index (χ3n) is 5.30. The maximum absolute atomic E-state index is 12.8. The number of amides is 3. The fraction of sp³-hybridized carbons (Fsp3) is 0.217. The highest BCUT2D eigenvalue weighted by Gasteiger charge is 2.32. The van der Waals surface area contributed by atoms with Crippen LogP contribution in [0.1, 0.15) is 37.8 Å². The number of aromatic nitrogens is 1. The van der Waals surface area contributed by atoms with E-state index in [1.54, 1.807) is 48.5 Å². The van der Waals surface area contributed by atoms with Crippen molar-refractivity contribution in [2.24, 2.45) is 0 Å². The number of aromatic carboxylic acids is 1. The molecule has 10 nitrogen and oxygen atoms in total. The van der Waals surface area contributed by atoms with E-state index in [0.29, 0.717) is 17.3 Å². The van der Waals surface area contributed by atoms with Crippen LogP contribution < -0.4 is 15.0 Å². The van der Waals surface area contributed by atoms with E-state index >= 15 is 0 Å². The van der Waals surface area contributed by atoms with Crippen molar-refractivity contribution in [2.75, 3.05) is 19.1 Å². The molecule has 0 unspecified atom stereocenters. The highest BCUT2D eigenvalue weighted by Crippen LogP contribution is 2.31. The number of nitrogens with one attached hydrogen (secondary N) is 1. The van der Waals surface area contributed by atoms with Gasteiger partial charge in [-0.2, -0.15) is 0 Å². The van der Waals surface area contributed by atoms with Crippen molar-refractivity contribution in [1.29, 1.82) is 0 Å². The highest BCUT2D eigenvalue weighted by molar-refractivity contribution is 5.97. The number of anilines is 1. The molecule has 2 N–H and O–H groups in total. The summed E-state index contributed by atoms with van der Waals surface area (Å²) >= 11 is 0. The van der Waals surface area contributed by atoms with Crippen LogP contribution in [-0.2, 0) is 19.6 Å². The largest absolute Gasteiger partial charge is 0.481 e. The molecule has 0 aliphatic carbocycles. The predicted octanol–water partition coefficient (Wildman–Crippen LogP) is 2.88. The minimum Gasteiger partial charge on any atom is -0.481 e. The second-order valence-electron chi connectivity index (χ2n) is 7.51. The minimum atomic E-state index is -1.01. The van der Waals surface area contributed by atoms with Crippen molar-refractivity contribution in [3.63, 3.8) is 0 Å². The summed E-state index contributed by atoms with van der Waals surface area (Å²) in [7, 11) is 3.13. The van der Waals surface area contributed by atoms with Gasteiger partial charge >= 0.3 is 12.0 Å². The predicted molar refractivity (Wildman–Crippen MR) is 117 cm³/mol. The Bertz CT molecular complexity index is 1200.